The van der Waals surface area contributed by atoms with Gasteiger partial charge in [-0.15, -0.1) is 0 Å². The molecule has 1 aromatic heterocycles. The zero-order valence-electron chi connectivity index (χ0n) is 23.5. The summed E-state index contributed by atoms with van der Waals surface area (Å²) >= 11 is 0. The summed E-state index contributed by atoms with van der Waals surface area (Å²) in [5.41, 5.74) is 5.66. The van der Waals surface area contributed by atoms with Gasteiger partial charge in [-0.1, -0.05) is 54.6 Å². The van der Waals surface area contributed by atoms with Crippen LogP contribution in [0, 0.1) is 6.92 Å². The zero-order chi connectivity index (χ0) is 29.5. The van der Waals surface area contributed by atoms with Gasteiger partial charge in [-0.3, -0.25) is 4.79 Å². The topological polar surface area (TPSA) is 127 Å². The van der Waals surface area contributed by atoms with Gasteiger partial charge in [-0.05, 0) is 52.7 Å². The fourth-order valence-corrected chi connectivity index (χ4v) is 4.66. The van der Waals surface area contributed by atoms with E-state index in [0.717, 1.165) is 39.0 Å². The van der Waals surface area contributed by atoms with Crippen LogP contribution in [-0.4, -0.2) is 83.5 Å². The molecular formula is C30H35B2N3O6. The summed E-state index contributed by atoms with van der Waals surface area (Å²) in [6.45, 7) is 4.26. The second-order valence-electron chi connectivity index (χ2n) is 10.0. The number of carbonyl (C=O) groups excluding carboxylic acids is 1. The molecule has 0 aliphatic heterocycles. The summed E-state index contributed by atoms with van der Waals surface area (Å²) in [5, 5.41) is 42.6. The number of aryl methyl sites for hydroxylation is 1. The predicted octanol–water partition coefficient (Wildman–Crippen LogP) is 0.637. The van der Waals surface area contributed by atoms with Crippen molar-refractivity contribution in [2.24, 2.45) is 0 Å². The number of ether oxygens (including phenoxy) is 1. The highest BCUT2D eigenvalue weighted by Gasteiger charge is 2.20. The van der Waals surface area contributed by atoms with Gasteiger partial charge in [0.1, 0.15) is 12.4 Å². The van der Waals surface area contributed by atoms with Crippen molar-refractivity contribution < 1.29 is 29.6 Å². The van der Waals surface area contributed by atoms with Gasteiger partial charge >= 0.3 is 14.2 Å². The molecule has 0 fully saturated rings. The third-order valence-electron chi connectivity index (χ3n) is 6.90. The van der Waals surface area contributed by atoms with Crippen LogP contribution in [0.15, 0.2) is 78.9 Å². The highest BCUT2D eigenvalue weighted by molar-refractivity contribution is 6.59. The number of nitrogens with zero attached hydrogens (tertiary/aromatic N) is 2. The zero-order valence-corrected chi connectivity index (χ0v) is 23.5. The summed E-state index contributed by atoms with van der Waals surface area (Å²) in [7, 11) is 0.312. The standard InChI is InChI=1S/C30H35B2N3O6/c1-21-27-19-25(32(39)40)12-15-28(27)35(30(21)23-8-10-24(11-9-23)31(37)38)20-22-6-13-26(14-7-22)41-18-17-33-16-4-5-29(36)34(2)3/h4-15,19,33,37-40H,16-18,20H2,1-3H3/b5-4+. The first-order valence-corrected chi connectivity index (χ1v) is 13.4. The summed E-state index contributed by atoms with van der Waals surface area (Å²) in [6, 6.07) is 20.4. The molecule has 0 aliphatic carbocycles. The lowest BCUT2D eigenvalue weighted by Gasteiger charge is -2.14. The summed E-state index contributed by atoms with van der Waals surface area (Å²) in [5.74, 6) is 0.703. The first kappa shape index (κ1) is 30.1. The van der Waals surface area contributed by atoms with Gasteiger partial charge < -0.3 is 39.6 Å². The highest BCUT2D eigenvalue weighted by Crippen LogP contribution is 2.33. The van der Waals surface area contributed by atoms with Gasteiger partial charge in [0.25, 0.3) is 0 Å². The Morgan fingerprint density at radius 3 is 2.24 bits per heavy atom. The lowest BCUT2D eigenvalue weighted by atomic mass is 9.79. The molecule has 0 spiro atoms. The van der Waals surface area contributed by atoms with Crippen LogP contribution in [0.4, 0.5) is 0 Å². The van der Waals surface area contributed by atoms with Gasteiger partial charge in [0, 0.05) is 50.7 Å². The van der Waals surface area contributed by atoms with Crippen molar-refractivity contribution in [2.45, 2.75) is 13.5 Å². The highest BCUT2D eigenvalue weighted by atomic mass is 16.5. The van der Waals surface area contributed by atoms with E-state index in [2.05, 4.69) is 9.88 Å². The second kappa shape index (κ2) is 13.7. The summed E-state index contributed by atoms with van der Waals surface area (Å²) in [6.07, 6.45) is 3.33. The monoisotopic (exact) mass is 555 g/mol. The second-order valence-corrected chi connectivity index (χ2v) is 10.0. The average molecular weight is 555 g/mol. The van der Waals surface area contributed by atoms with E-state index >= 15 is 0 Å². The number of nitrogens with one attached hydrogen (secondary N) is 1. The van der Waals surface area contributed by atoms with E-state index in [4.69, 9.17) is 4.74 Å². The van der Waals surface area contributed by atoms with Gasteiger partial charge in [0.15, 0.2) is 0 Å². The van der Waals surface area contributed by atoms with Crippen molar-refractivity contribution in [3.8, 4) is 17.0 Å². The number of benzene rings is 3. The van der Waals surface area contributed by atoms with Crippen molar-refractivity contribution in [3.05, 3.63) is 90.0 Å². The van der Waals surface area contributed by atoms with Crippen molar-refractivity contribution in [1.29, 1.82) is 0 Å². The Labute approximate surface area is 240 Å². The molecule has 4 aromatic rings. The molecule has 0 saturated heterocycles. The maximum Gasteiger partial charge on any atom is 0.488 e. The van der Waals surface area contributed by atoms with Gasteiger partial charge in [-0.2, -0.15) is 0 Å². The fraction of sp³-hybridized carbons (Fsp3) is 0.233. The molecule has 0 radical (unpaired) electrons. The predicted molar refractivity (Wildman–Crippen MR) is 164 cm³/mol. The number of rotatable bonds is 12. The Morgan fingerprint density at radius 1 is 0.951 bits per heavy atom. The van der Waals surface area contributed by atoms with Crippen LogP contribution in [0.2, 0.25) is 0 Å². The molecule has 11 heteroatoms. The fourth-order valence-electron chi connectivity index (χ4n) is 4.66. The Bertz CT molecular complexity index is 1500. The maximum absolute atomic E-state index is 11.5. The molecule has 5 N–H and O–H groups in total. The molecule has 0 bridgehead atoms. The van der Waals surface area contributed by atoms with Gasteiger partial charge in [-0.25, -0.2) is 0 Å². The molecule has 212 valence electrons. The first-order valence-electron chi connectivity index (χ1n) is 13.4. The van der Waals surface area contributed by atoms with E-state index in [0.29, 0.717) is 37.2 Å². The molecule has 1 heterocycles. The first-order chi connectivity index (χ1) is 19.7. The molecule has 0 saturated carbocycles. The normalized spacial score (nSPS) is 11.3. The van der Waals surface area contributed by atoms with Crippen LogP contribution in [0.5, 0.6) is 5.75 Å². The number of hydrogen-bond donors (Lipinski definition) is 5. The van der Waals surface area contributed by atoms with E-state index in [1.165, 1.54) is 11.0 Å². The number of amides is 1. The van der Waals surface area contributed by atoms with E-state index in [9.17, 15) is 24.9 Å². The molecule has 9 nitrogen and oxygen atoms in total. The smallest absolute Gasteiger partial charge is 0.488 e. The van der Waals surface area contributed by atoms with Crippen LogP contribution < -0.4 is 21.0 Å². The number of hydrogen-bond acceptors (Lipinski definition) is 7. The maximum atomic E-state index is 11.5. The SMILES string of the molecule is Cc1c(-c2ccc(B(O)O)cc2)n(Cc2ccc(OCCNC/C=C/C(=O)N(C)C)cc2)c2ccc(B(O)O)cc12. The third kappa shape index (κ3) is 7.46. The Hall–Kier alpha value is -3.86. The number of carbonyl (C=O) groups is 1. The molecule has 4 rings (SSSR count). The van der Waals surface area contributed by atoms with E-state index in [1.54, 1.807) is 44.4 Å². The van der Waals surface area contributed by atoms with Crippen LogP contribution in [-0.2, 0) is 11.3 Å². The summed E-state index contributed by atoms with van der Waals surface area (Å²) < 4.78 is 8.03. The average Bonchev–Trinajstić information content (AvgIpc) is 3.23. The Balaban J connectivity index is 1.50. The minimum atomic E-state index is -1.57. The lowest BCUT2D eigenvalue weighted by molar-refractivity contribution is -0.123. The van der Waals surface area contributed by atoms with Crippen LogP contribution in [0.3, 0.4) is 0 Å². The number of fused-ring (bicyclic) bond motifs is 1. The van der Waals surface area contributed by atoms with E-state index in [-0.39, 0.29) is 5.91 Å². The lowest BCUT2D eigenvalue weighted by Crippen LogP contribution is -2.29. The molecule has 0 atom stereocenters. The molecule has 1 amide bonds. The van der Waals surface area contributed by atoms with Crippen LogP contribution >= 0.6 is 0 Å². The number of likely N-dealkylation sites (N-methyl/N-ethyl adjacent to an activating group) is 1. The summed E-state index contributed by atoms with van der Waals surface area (Å²) in [4.78, 5) is 13.1. The largest absolute Gasteiger partial charge is 0.492 e. The van der Waals surface area contributed by atoms with Gasteiger partial charge in [0.2, 0.25) is 5.91 Å². The molecule has 0 aliphatic rings. The molecule has 0 unspecified atom stereocenters. The molecular weight excluding hydrogens is 520 g/mol. The van der Waals surface area contributed by atoms with Crippen molar-refractivity contribution in [1.82, 2.24) is 14.8 Å². The molecule has 3 aromatic carbocycles. The minimum absolute atomic E-state index is 0.0496. The van der Waals surface area contributed by atoms with E-state index in [1.807, 2.05) is 49.4 Å². The van der Waals surface area contributed by atoms with Crippen LogP contribution in [0.25, 0.3) is 22.2 Å². The van der Waals surface area contributed by atoms with Crippen molar-refractivity contribution in [3.63, 3.8) is 0 Å². The van der Waals surface area contributed by atoms with Crippen LogP contribution in [0.1, 0.15) is 11.1 Å². The van der Waals surface area contributed by atoms with E-state index < -0.39 is 14.2 Å². The third-order valence-corrected chi connectivity index (χ3v) is 6.90. The van der Waals surface area contributed by atoms with Gasteiger partial charge in [0.05, 0.1) is 5.69 Å². The Morgan fingerprint density at radius 2 is 1.61 bits per heavy atom. The van der Waals surface area contributed by atoms with Crippen molar-refractivity contribution in [2.75, 3.05) is 33.8 Å². The number of aromatic nitrogens is 1. The Kier molecular flexibility index (Phi) is 10.0. The van der Waals surface area contributed by atoms with Crippen molar-refractivity contribution >= 4 is 42.0 Å². The minimum Gasteiger partial charge on any atom is -0.492 e. The molecule has 41 heavy (non-hydrogen) atoms. The quantitative estimate of drug-likeness (QED) is 0.0987.